The number of likely N-dealkylation sites (N-methyl/N-ethyl adjacent to an activating group) is 1. The summed E-state index contributed by atoms with van der Waals surface area (Å²) in [6.07, 6.45) is -3.75. The van der Waals surface area contributed by atoms with E-state index in [2.05, 4.69) is 77.3 Å². The van der Waals surface area contributed by atoms with Gasteiger partial charge in [0.05, 0.1) is 45.2 Å². The summed E-state index contributed by atoms with van der Waals surface area (Å²) in [7, 11) is 0.934. The van der Waals surface area contributed by atoms with Gasteiger partial charge >= 0.3 is 29.8 Å². The first-order valence-electron chi connectivity index (χ1n) is 38.2. The molecule has 0 spiro atoms. The van der Waals surface area contributed by atoms with Crippen LogP contribution in [0.4, 0.5) is 0 Å². The molecule has 14 atom stereocenters. The molecule has 25 N–H and O–H groups in total. The number of carboxylic acid groups (broad SMARTS) is 4. The number of nitrogens with one attached hydrogen (secondary N) is 13. The summed E-state index contributed by atoms with van der Waals surface area (Å²) < 4.78 is 5.79. The lowest BCUT2D eigenvalue weighted by Crippen LogP contribution is -2.62. The Morgan fingerprint density at radius 3 is 1.64 bits per heavy atom. The minimum atomic E-state index is -2.32. The van der Waals surface area contributed by atoms with Gasteiger partial charge in [0, 0.05) is 43.4 Å². The number of cyclic esters (lactones) is 1. The van der Waals surface area contributed by atoms with Crippen molar-refractivity contribution < 1.29 is 121 Å². The molecule has 2 heterocycles. The van der Waals surface area contributed by atoms with Gasteiger partial charge in [0.25, 0.3) is 0 Å². The van der Waals surface area contributed by atoms with Crippen molar-refractivity contribution in [2.45, 2.75) is 242 Å². The second-order valence-corrected chi connectivity index (χ2v) is 28.5. The third-order valence-electron chi connectivity index (χ3n) is 18.9. The lowest BCUT2D eigenvalue weighted by molar-refractivity contribution is -0.159. The van der Waals surface area contributed by atoms with Crippen molar-refractivity contribution in [2.75, 3.05) is 33.2 Å². The molecular formula is C73H112N18O25. The lowest BCUT2D eigenvalue weighted by Gasteiger charge is -2.32. The normalized spacial score (nSPS) is 21.5. The van der Waals surface area contributed by atoms with Crippen LogP contribution in [-0.4, -0.2) is 255 Å². The third-order valence-corrected chi connectivity index (χ3v) is 18.9. The minimum absolute atomic E-state index is 0.00683. The Morgan fingerprint density at radius 2 is 1.07 bits per heavy atom. The van der Waals surface area contributed by atoms with Crippen LogP contribution in [0.5, 0.6) is 0 Å². The number of hydrogen-bond donors (Lipinski definition) is 21. The van der Waals surface area contributed by atoms with Crippen molar-refractivity contribution >= 4 is 129 Å². The number of unbranched alkanes of at least 4 members (excludes halogenated alkanes) is 4. The number of esters is 1. The summed E-state index contributed by atoms with van der Waals surface area (Å²) in [5.41, 5.74) is 23.6. The van der Waals surface area contributed by atoms with E-state index in [9.17, 15) is 112 Å². The molecule has 116 heavy (non-hydrogen) atoms. The molecule has 1 fully saturated rings. The number of aliphatic carboxylic acids is 4. The van der Waals surface area contributed by atoms with Gasteiger partial charge in [-0.2, -0.15) is 0 Å². The number of carbonyl (C=O) groups is 20. The van der Waals surface area contributed by atoms with Crippen LogP contribution in [0.1, 0.15) is 169 Å². The van der Waals surface area contributed by atoms with E-state index in [0.29, 0.717) is 40.1 Å². The number of aromatic amines is 1. The van der Waals surface area contributed by atoms with Crippen LogP contribution in [-0.2, 0) is 107 Å². The number of benzene rings is 1. The highest BCUT2D eigenvalue weighted by Crippen LogP contribution is 2.21. The van der Waals surface area contributed by atoms with Crippen LogP contribution < -0.4 is 86.7 Å². The Hall–Kier alpha value is -11.9. The Bertz CT molecular complexity index is 3820. The predicted molar refractivity (Wildman–Crippen MR) is 408 cm³/mol. The summed E-state index contributed by atoms with van der Waals surface area (Å²) in [4.78, 5) is 277. The zero-order valence-corrected chi connectivity index (χ0v) is 65.8. The van der Waals surface area contributed by atoms with Gasteiger partial charge in [-0.05, 0) is 88.4 Å². The first kappa shape index (κ1) is 98.3. The predicted octanol–water partition coefficient (Wildman–Crippen LogP) is -5.10. The van der Waals surface area contributed by atoms with Crippen molar-refractivity contribution in [2.24, 2.45) is 34.8 Å². The lowest BCUT2D eigenvalue weighted by atomic mass is 9.98. The Kier molecular flexibility index (Phi) is 42.6. The quantitative estimate of drug-likeness (QED) is 0.0220. The molecule has 1 aliphatic rings. The van der Waals surface area contributed by atoms with Gasteiger partial charge in [0.15, 0.2) is 0 Å². The molecule has 0 aliphatic carbocycles. The Balaban J connectivity index is 2.27. The van der Waals surface area contributed by atoms with E-state index in [1.807, 2.05) is 5.32 Å². The van der Waals surface area contributed by atoms with E-state index in [-0.39, 0.29) is 64.5 Å². The first-order valence-corrected chi connectivity index (χ1v) is 38.2. The summed E-state index contributed by atoms with van der Waals surface area (Å²) in [5, 5.41) is 67.4. The summed E-state index contributed by atoms with van der Waals surface area (Å²) in [5.74, 6) is -27.8. The highest BCUT2D eigenvalue weighted by atomic mass is 16.5. The van der Waals surface area contributed by atoms with Gasteiger partial charge in [-0.1, -0.05) is 84.4 Å². The number of ether oxygens (including phenoxy) is 1. The molecule has 15 amide bonds. The highest BCUT2D eigenvalue weighted by Gasteiger charge is 2.42. The third kappa shape index (κ3) is 35.2. The fourth-order valence-electron chi connectivity index (χ4n) is 12.0. The van der Waals surface area contributed by atoms with E-state index >= 15 is 4.79 Å². The number of nitrogens with zero attached hydrogens (tertiary/aromatic N) is 1. The maximum atomic E-state index is 15.1. The molecule has 1 saturated heterocycles. The molecule has 644 valence electrons. The SMILES string of the molecule is CCC(C)CCCCCCC(=O)NC(Cc1c[nH]c2ccccc12)C(=O)NC(CC(N)=O)C(=O)NC(CC(=O)O)C(=O)NC1C(=O)N(C)CC(=O)NC(CCCN)C(=O)NC(CC(=O)O)C(=O)NC(CCCCN)C(=O)NC(CC(=O)O)C(=O)NCC(=O)NC(CC(N)=O)C(=O)NC(CCC(=O)O)C(=O)NC(C(C)CC)C(=O)OC1C. The monoisotopic (exact) mass is 1640 g/mol. The smallest absolute Gasteiger partial charge is 0.329 e. The molecule has 0 saturated carbocycles. The number of amides is 15. The second-order valence-electron chi connectivity index (χ2n) is 28.5. The average molecular weight is 1640 g/mol. The number of hydrogen-bond acceptors (Lipinski definition) is 23. The van der Waals surface area contributed by atoms with Crippen LogP contribution in [0.15, 0.2) is 30.5 Å². The van der Waals surface area contributed by atoms with E-state index in [1.165, 1.54) is 13.8 Å². The van der Waals surface area contributed by atoms with Gasteiger partial charge in [-0.25, -0.2) is 4.79 Å². The summed E-state index contributed by atoms with van der Waals surface area (Å²) >= 11 is 0. The van der Waals surface area contributed by atoms with Crippen LogP contribution in [0, 0.1) is 11.8 Å². The highest BCUT2D eigenvalue weighted by molar-refractivity contribution is 6.02. The topological polar surface area (TPSA) is 699 Å². The minimum Gasteiger partial charge on any atom is -0.481 e. The van der Waals surface area contributed by atoms with Crippen LogP contribution in [0.3, 0.4) is 0 Å². The molecule has 0 radical (unpaired) electrons. The Morgan fingerprint density at radius 1 is 0.543 bits per heavy atom. The molecule has 0 bridgehead atoms. The molecule has 1 aromatic carbocycles. The zero-order valence-electron chi connectivity index (χ0n) is 65.8. The van der Waals surface area contributed by atoms with E-state index < -0.39 is 255 Å². The maximum Gasteiger partial charge on any atom is 0.329 e. The second kappa shape index (κ2) is 50.3. The number of carbonyl (C=O) groups excluding carboxylic acids is 16. The Labute approximate surface area is 667 Å². The molecule has 43 heteroatoms. The number of H-pyrrole nitrogens is 1. The fourth-order valence-corrected chi connectivity index (χ4v) is 12.0. The number of fused-ring (bicyclic) bond motifs is 1. The molecule has 1 aliphatic heterocycles. The van der Waals surface area contributed by atoms with E-state index in [1.54, 1.807) is 30.5 Å². The van der Waals surface area contributed by atoms with Gasteiger partial charge < -0.3 is 122 Å². The van der Waals surface area contributed by atoms with E-state index in [0.717, 1.165) is 39.7 Å². The van der Waals surface area contributed by atoms with Crippen molar-refractivity contribution in [1.82, 2.24) is 73.7 Å². The van der Waals surface area contributed by atoms with E-state index in [4.69, 9.17) is 27.7 Å². The number of rotatable bonds is 39. The van der Waals surface area contributed by atoms with Crippen LogP contribution >= 0.6 is 0 Å². The largest absolute Gasteiger partial charge is 0.481 e. The van der Waals surface area contributed by atoms with Crippen LogP contribution in [0.2, 0.25) is 0 Å². The van der Waals surface area contributed by atoms with Crippen molar-refractivity contribution in [3.05, 3.63) is 36.0 Å². The van der Waals surface area contributed by atoms with Gasteiger partial charge in [-0.3, -0.25) is 91.1 Å². The van der Waals surface area contributed by atoms with Crippen LogP contribution in [0.25, 0.3) is 10.9 Å². The first-order chi connectivity index (χ1) is 54.7. The molecule has 3 rings (SSSR count). The summed E-state index contributed by atoms with van der Waals surface area (Å²) in [6.45, 7) is 5.71. The number of para-hydroxylation sites is 1. The zero-order chi connectivity index (χ0) is 87.1. The fraction of sp³-hybridized carbons (Fsp3) is 0.616. The van der Waals surface area contributed by atoms with Crippen molar-refractivity contribution in [3.8, 4) is 0 Å². The number of nitrogens with two attached hydrogens (primary N) is 4. The molecule has 14 unspecified atom stereocenters. The molecular weight excluding hydrogens is 1530 g/mol. The number of aromatic nitrogens is 1. The molecule has 43 nitrogen and oxygen atoms in total. The van der Waals surface area contributed by atoms with Gasteiger partial charge in [0.1, 0.15) is 72.6 Å². The van der Waals surface area contributed by atoms with Crippen molar-refractivity contribution in [3.63, 3.8) is 0 Å². The summed E-state index contributed by atoms with van der Waals surface area (Å²) in [6, 6.07) is -14.8. The standard InChI is InChI=1S/C73H112N18O25/c1-7-37(3)18-11-9-10-12-23-54(94)81-46(28-40-34-78-42-20-14-13-19-41(40)42)67(109)85-48(30-53(77)93)69(111)88-51(33-60(103)104)71(113)90-62-39(5)116-73(115)61(38(4)8-2)89-66(108)45(24-25-57(97)98)84-68(110)47(29-52(76)92)82-55(95)35-79-63(105)49(31-58(99)100)86-65(107)44(21-15-16-26-74)83-70(112)50(32-59(101)102)87-64(106)43(22-17-27-75)80-56(96)36-91(6)72(62)114/h13-14,19-20,34,37-39,43-51,61-62,78H,7-12,15-18,21-33,35-36,74-75H2,1-6H3,(H2,76,92)(H2,77,93)(H,79,105)(H,80,96)(H,81,94)(H,82,95)(H,83,112)(H,84,110)(H,85,109)(H,86,107)(H,87,106)(H,88,111)(H,89,108)(H,90,113)(H,97,98)(H,99,100)(H,101,102)(H,103,104). The van der Waals surface area contributed by atoms with Gasteiger partial charge in [-0.15, -0.1) is 0 Å². The molecule has 2 aromatic rings. The maximum absolute atomic E-state index is 15.1. The van der Waals surface area contributed by atoms with Crippen molar-refractivity contribution in [1.29, 1.82) is 0 Å². The molecule has 1 aromatic heterocycles. The number of carboxylic acids is 4. The average Bonchev–Trinajstić information content (AvgIpc) is 1.59. The number of primary amides is 2. The van der Waals surface area contributed by atoms with Gasteiger partial charge in [0.2, 0.25) is 88.6 Å².